The standard InChI is InChI=1S/C13H21NO4/c1-9(15)6-7-11(8-10(2)16)14-12(17)18-13(3,4)5/h6-7,11H,8H2,1-5H3,(H,14,17)/b7-6+/t11-/m1/s1. The molecule has 102 valence electrons. The van der Waals surface area contributed by atoms with E-state index in [2.05, 4.69) is 5.32 Å². The maximum atomic E-state index is 11.5. The third-order valence-electron chi connectivity index (χ3n) is 1.77. The fourth-order valence-corrected chi connectivity index (χ4v) is 1.19. The van der Waals surface area contributed by atoms with Gasteiger partial charge < -0.3 is 10.1 Å². The summed E-state index contributed by atoms with van der Waals surface area (Å²) in [6.07, 6.45) is 2.34. The van der Waals surface area contributed by atoms with Crippen LogP contribution in [-0.2, 0) is 14.3 Å². The number of Topliss-reactive ketones (excluding diaryl/α,β-unsaturated/α-hetero) is 1. The Morgan fingerprint density at radius 3 is 2.17 bits per heavy atom. The molecule has 0 aliphatic heterocycles. The van der Waals surface area contributed by atoms with Crippen molar-refractivity contribution in [3.8, 4) is 0 Å². The third-order valence-corrected chi connectivity index (χ3v) is 1.77. The quantitative estimate of drug-likeness (QED) is 0.763. The number of hydrogen-bond donors (Lipinski definition) is 1. The van der Waals surface area contributed by atoms with Crippen LogP contribution < -0.4 is 5.32 Å². The molecule has 0 aromatic carbocycles. The molecule has 0 unspecified atom stereocenters. The number of carbonyl (C=O) groups is 3. The number of carbonyl (C=O) groups excluding carboxylic acids is 3. The predicted octanol–water partition coefficient (Wildman–Crippen LogP) is 2.00. The van der Waals surface area contributed by atoms with Gasteiger partial charge in [0.2, 0.25) is 0 Å². The molecule has 0 saturated heterocycles. The summed E-state index contributed by atoms with van der Waals surface area (Å²) in [6, 6.07) is -0.527. The first-order valence-corrected chi connectivity index (χ1v) is 5.78. The lowest BCUT2D eigenvalue weighted by Crippen LogP contribution is -2.39. The summed E-state index contributed by atoms with van der Waals surface area (Å²) < 4.78 is 5.08. The molecule has 0 saturated carbocycles. The average Bonchev–Trinajstić information content (AvgIpc) is 2.09. The molecule has 0 aliphatic rings. The second kappa shape index (κ2) is 6.93. The van der Waals surface area contributed by atoms with Crippen molar-refractivity contribution in [1.82, 2.24) is 5.32 Å². The second-order valence-corrected chi connectivity index (χ2v) is 5.13. The van der Waals surface area contributed by atoms with Crippen LogP contribution in [0.15, 0.2) is 12.2 Å². The smallest absolute Gasteiger partial charge is 0.408 e. The number of nitrogens with one attached hydrogen (secondary N) is 1. The number of hydrogen-bond acceptors (Lipinski definition) is 4. The molecular formula is C13H21NO4. The van der Waals surface area contributed by atoms with Gasteiger partial charge in [0.15, 0.2) is 5.78 Å². The Morgan fingerprint density at radius 2 is 1.78 bits per heavy atom. The van der Waals surface area contributed by atoms with Crippen molar-refractivity contribution in [3.63, 3.8) is 0 Å². The molecule has 0 aromatic heterocycles. The minimum atomic E-state index is -0.609. The second-order valence-electron chi connectivity index (χ2n) is 5.13. The van der Waals surface area contributed by atoms with Gasteiger partial charge in [-0.1, -0.05) is 6.08 Å². The van der Waals surface area contributed by atoms with Crippen molar-refractivity contribution in [2.45, 2.75) is 52.7 Å². The maximum absolute atomic E-state index is 11.5. The Bertz CT molecular complexity index is 352. The zero-order valence-electron chi connectivity index (χ0n) is 11.6. The van der Waals surface area contributed by atoms with E-state index in [0.29, 0.717) is 0 Å². The molecule has 18 heavy (non-hydrogen) atoms. The molecule has 0 radical (unpaired) electrons. The van der Waals surface area contributed by atoms with E-state index < -0.39 is 17.7 Å². The largest absolute Gasteiger partial charge is 0.444 e. The van der Waals surface area contributed by atoms with Crippen LogP contribution in [0.5, 0.6) is 0 Å². The molecule has 0 fully saturated rings. The van der Waals surface area contributed by atoms with Gasteiger partial charge in [-0.05, 0) is 40.7 Å². The molecule has 0 spiro atoms. The van der Waals surface area contributed by atoms with Crippen LogP contribution in [0.4, 0.5) is 4.79 Å². The van der Waals surface area contributed by atoms with Crippen LogP contribution in [0.2, 0.25) is 0 Å². The monoisotopic (exact) mass is 255 g/mol. The van der Waals surface area contributed by atoms with Crippen LogP contribution in [0.25, 0.3) is 0 Å². The zero-order chi connectivity index (χ0) is 14.3. The van der Waals surface area contributed by atoms with E-state index in [1.54, 1.807) is 20.8 Å². The van der Waals surface area contributed by atoms with Crippen LogP contribution in [0, 0.1) is 0 Å². The lowest BCUT2D eigenvalue weighted by molar-refractivity contribution is -0.117. The number of rotatable bonds is 5. The fraction of sp³-hybridized carbons (Fsp3) is 0.615. The molecule has 5 nitrogen and oxygen atoms in total. The van der Waals surface area contributed by atoms with Crippen molar-refractivity contribution in [2.24, 2.45) is 0 Å². The molecule has 0 bridgehead atoms. The van der Waals surface area contributed by atoms with E-state index in [1.807, 2.05) is 0 Å². The molecule has 0 rings (SSSR count). The van der Waals surface area contributed by atoms with Crippen molar-refractivity contribution in [2.75, 3.05) is 0 Å². The summed E-state index contributed by atoms with van der Waals surface area (Å²) >= 11 is 0. The van der Waals surface area contributed by atoms with Crippen molar-refractivity contribution >= 4 is 17.7 Å². The van der Waals surface area contributed by atoms with Crippen molar-refractivity contribution in [1.29, 1.82) is 0 Å². The Hall–Kier alpha value is -1.65. The van der Waals surface area contributed by atoms with Gasteiger partial charge in [-0.3, -0.25) is 9.59 Å². The molecule has 0 heterocycles. The molecule has 0 aliphatic carbocycles. The molecule has 1 atom stereocenters. The molecule has 1 amide bonds. The highest BCUT2D eigenvalue weighted by molar-refractivity contribution is 5.87. The van der Waals surface area contributed by atoms with Gasteiger partial charge in [0.05, 0.1) is 6.04 Å². The summed E-state index contributed by atoms with van der Waals surface area (Å²) in [7, 11) is 0. The normalized spacial score (nSPS) is 13.2. The van der Waals surface area contributed by atoms with E-state index in [-0.39, 0.29) is 18.0 Å². The van der Waals surface area contributed by atoms with E-state index in [0.717, 1.165) is 0 Å². The van der Waals surface area contributed by atoms with Crippen LogP contribution >= 0.6 is 0 Å². The van der Waals surface area contributed by atoms with Gasteiger partial charge in [-0.2, -0.15) is 0 Å². The van der Waals surface area contributed by atoms with Gasteiger partial charge in [0.1, 0.15) is 11.4 Å². The number of ether oxygens (including phenoxy) is 1. The molecular weight excluding hydrogens is 234 g/mol. The van der Waals surface area contributed by atoms with Gasteiger partial charge >= 0.3 is 6.09 Å². The minimum absolute atomic E-state index is 0.0794. The van der Waals surface area contributed by atoms with Gasteiger partial charge in [-0.25, -0.2) is 4.79 Å². The number of allylic oxidation sites excluding steroid dienone is 1. The lowest BCUT2D eigenvalue weighted by atomic mass is 10.1. The number of ketones is 2. The lowest BCUT2D eigenvalue weighted by Gasteiger charge is -2.21. The first kappa shape index (κ1) is 16.4. The zero-order valence-corrected chi connectivity index (χ0v) is 11.6. The number of alkyl carbamates (subject to hydrolysis) is 1. The van der Waals surface area contributed by atoms with Gasteiger partial charge in [0.25, 0.3) is 0 Å². The van der Waals surface area contributed by atoms with Crippen molar-refractivity contribution in [3.05, 3.63) is 12.2 Å². The Labute approximate surface area is 108 Å². The van der Waals surface area contributed by atoms with Gasteiger partial charge in [0, 0.05) is 6.42 Å². The third kappa shape index (κ3) is 9.57. The summed E-state index contributed by atoms with van der Waals surface area (Å²) in [5.74, 6) is -0.223. The average molecular weight is 255 g/mol. The summed E-state index contributed by atoms with van der Waals surface area (Å²) in [5.41, 5.74) is -0.602. The number of amides is 1. The molecule has 5 heteroatoms. The topological polar surface area (TPSA) is 72.5 Å². The summed E-state index contributed by atoms with van der Waals surface area (Å²) in [6.45, 7) is 8.06. The van der Waals surface area contributed by atoms with E-state index in [1.165, 1.54) is 26.0 Å². The first-order valence-electron chi connectivity index (χ1n) is 5.78. The van der Waals surface area contributed by atoms with Crippen LogP contribution in [0.1, 0.15) is 41.0 Å². The molecule has 1 N–H and O–H groups in total. The Kier molecular flexibility index (Phi) is 6.30. The van der Waals surface area contributed by atoms with Crippen molar-refractivity contribution < 1.29 is 19.1 Å². The molecule has 0 aromatic rings. The summed E-state index contributed by atoms with van der Waals surface area (Å²) in [4.78, 5) is 33.4. The highest BCUT2D eigenvalue weighted by Crippen LogP contribution is 2.07. The van der Waals surface area contributed by atoms with E-state index in [9.17, 15) is 14.4 Å². The Balaban J connectivity index is 4.54. The predicted molar refractivity (Wildman–Crippen MR) is 68.3 cm³/mol. The Morgan fingerprint density at radius 1 is 1.22 bits per heavy atom. The summed E-state index contributed by atoms with van der Waals surface area (Å²) in [5, 5.41) is 2.54. The van der Waals surface area contributed by atoms with E-state index in [4.69, 9.17) is 4.74 Å². The SMILES string of the molecule is CC(=O)/C=C/[C@H](CC(C)=O)NC(=O)OC(C)(C)C. The van der Waals surface area contributed by atoms with Crippen LogP contribution in [-0.4, -0.2) is 29.3 Å². The maximum Gasteiger partial charge on any atom is 0.408 e. The fourth-order valence-electron chi connectivity index (χ4n) is 1.19. The van der Waals surface area contributed by atoms with Crippen LogP contribution in [0.3, 0.4) is 0 Å². The first-order chi connectivity index (χ1) is 8.10. The van der Waals surface area contributed by atoms with E-state index >= 15 is 0 Å². The minimum Gasteiger partial charge on any atom is -0.444 e. The highest BCUT2D eigenvalue weighted by atomic mass is 16.6. The highest BCUT2D eigenvalue weighted by Gasteiger charge is 2.19. The van der Waals surface area contributed by atoms with Gasteiger partial charge in [-0.15, -0.1) is 0 Å².